The molecule has 0 bridgehead atoms. The van der Waals surface area contributed by atoms with Crippen LogP contribution in [0.2, 0.25) is 0 Å². The molecule has 1 aliphatic rings. The first kappa shape index (κ1) is 13.9. The van der Waals surface area contributed by atoms with Crippen molar-refractivity contribution in [2.75, 3.05) is 0 Å². The highest BCUT2D eigenvalue weighted by Gasteiger charge is 2.29. The Hall–Kier alpha value is -1.55. The van der Waals surface area contributed by atoms with Gasteiger partial charge in [-0.05, 0) is 30.2 Å². The number of nitrogens with two attached hydrogens (primary N) is 1. The summed E-state index contributed by atoms with van der Waals surface area (Å²) in [4.78, 5) is 0. The normalized spacial score (nSPS) is 27.7. The quantitative estimate of drug-likeness (QED) is 0.337. The van der Waals surface area contributed by atoms with Crippen LogP contribution >= 0.6 is 0 Å². The molecule has 0 aliphatic heterocycles. The molecule has 0 spiro atoms. The van der Waals surface area contributed by atoms with E-state index >= 15 is 0 Å². The Labute approximate surface area is 114 Å². The van der Waals surface area contributed by atoms with E-state index in [1.54, 1.807) is 0 Å². The molecule has 1 aromatic rings. The topological polar surface area (TPSA) is 70.6 Å². The molecule has 1 saturated carbocycles. The van der Waals surface area contributed by atoms with Gasteiger partial charge in [-0.15, -0.1) is 0 Å². The average Bonchev–Trinajstić information content (AvgIpc) is 2.76. The molecule has 1 aromatic carbocycles. The Morgan fingerprint density at radius 1 is 1.37 bits per heavy atom. The fraction of sp³-hybridized carbons (Fsp3) is 0.533. The molecule has 3 atom stereocenters. The molecule has 4 N–H and O–H groups in total. The van der Waals surface area contributed by atoms with Gasteiger partial charge in [0.05, 0.1) is 0 Å². The molecule has 1 fully saturated rings. The number of amidine groups is 1. The number of hydrogen-bond donors (Lipinski definition) is 3. The van der Waals surface area contributed by atoms with Crippen molar-refractivity contribution >= 4 is 5.84 Å². The fourth-order valence-corrected chi connectivity index (χ4v) is 2.87. The van der Waals surface area contributed by atoms with Crippen molar-refractivity contribution < 1.29 is 5.21 Å². The summed E-state index contributed by atoms with van der Waals surface area (Å²) in [7, 11) is 0. The van der Waals surface area contributed by atoms with Gasteiger partial charge in [0.15, 0.2) is 5.84 Å². The minimum atomic E-state index is 0.172. The fourth-order valence-electron chi connectivity index (χ4n) is 2.87. The van der Waals surface area contributed by atoms with Crippen molar-refractivity contribution in [1.82, 2.24) is 5.32 Å². The van der Waals surface area contributed by atoms with Gasteiger partial charge in [0.2, 0.25) is 0 Å². The maximum atomic E-state index is 8.81. The lowest BCUT2D eigenvalue weighted by Crippen LogP contribution is -2.32. The van der Waals surface area contributed by atoms with Crippen LogP contribution in [-0.2, 0) is 6.54 Å². The van der Waals surface area contributed by atoms with E-state index in [0.717, 1.165) is 23.6 Å². The molecule has 0 amide bonds. The second-order valence-corrected chi connectivity index (χ2v) is 5.54. The largest absolute Gasteiger partial charge is 0.409 e. The van der Waals surface area contributed by atoms with Gasteiger partial charge in [-0.25, -0.2) is 0 Å². The van der Waals surface area contributed by atoms with Crippen LogP contribution in [-0.4, -0.2) is 17.1 Å². The van der Waals surface area contributed by atoms with Crippen LogP contribution in [0, 0.1) is 11.8 Å². The molecule has 0 aromatic heterocycles. The Morgan fingerprint density at radius 2 is 2.11 bits per heavy atom. The standard InChI is InChI=1S/C15H23N3O/c1-10-7-8-14(11(10)2)17-9-12-5-3-4-6-13(12)15(16)18-19/h3-6,10-11,14,17,19H,7-9H2,1-2H3,(H2,16,18). The molecule has 0 radical (unpaired) electrons. The Kier molecular flexibility index (Phi) is 4.43. The van der Waals surface area contributed by atoms with E-state index in [4.69, 9.17) is 10.9 Å². The zero-order chi connectivity index (χ0) is 13.8. The number of oxime groups is 1. The molecule has 104 valence electrons. The van der Waals surface area contributed by atoms with Crippen molar-refractivity contribution in [2.24, 2.45) is 22.7 Å². The van der Waals surface area contributed by atoms with Crippen molar-refractivity contribution in [3.8, 4) is 0 Å². The molecule has 0 saturated heterocycles. The number of benzene rings is 1. The van der Waals surface area contributed by atoms with Crippen LogP contribution in [0.5, 0.6) is 0 Å². The summed E-state index contributed by atoms with van der Waals surface area (Å²) in [6.45, 7) is 5.38. The number of nitrogens with zero attached hydrogens (tertiary/aromatic N) is 1. The van der Waals surface area contributed by atoms with Gasteiger partial charge in [-0.2, -0.15) is 0 Å². The minimum Gasteiger partial charge on any atom is -0.409 e. The molecule has 2 rings (SSSR count). The van der Waals surface area contributed by atoms with Gasteiger partial charge in [-0.1, -0.05) is 43.3 Å². The zero-order valence-corrected chi connectivity index (χ0v) is 11.6. The van der Waals surface area contributed by atoms with Gasteiger partial charge in [-0.3, -0.25) is 0 Å². The van der Waals surface area contributed by atoms with Gasteiger partial charge in [0.1, 0.15) is 0 Å². The highest BCUT2D eigenvalue weighted by molar-refractivity contribution is 5.98. The smallest absolute Gasteiger partial charge is 0.170 e. The van der Waals surface area contributed by atoms with E-state index in [2.05, 4.69) is 24.3 Å². The summed E-state index contributed by atoms with van der Waals surface area (Å²) in [6.07, 6.45) is 2.52. The van der Waals surface area contributed by atoms with Crippen LogP contribution in [0.1, 0.15) is 37.8 Å². The monoisotopic (exact) mass is 261 g/mol. The van der Waals surface area contributed by atoms with Crippen molar-refractivity contribution in [2.45, 2.75) is 39.3 Å². The number of nitrogens with one attached hydrogen (secondary N) is 1. The van der Waals surface area contributed by atoms with Crippen molar-refractivity contribution in [3.63, 3.8) is 0 Å². The second kappa shape index (κ2) is 6.06. The first-order valence-corrected chi connectivity index (χ1v) is 6.92. The SMILES string of the molecule is CC1CCC(NCc2ccccc2C(N)=NO)C1C. The van der Waals surface area contributed by atoms with E-state index in [-0.39, 0.29) is 5.84 Å². The summed E-state index contributed by atoms with van der Waals surface area (Å²) in [5.74, 6) is 1.66. The van der Waals surface area contributed by atoms with Gasteiger partial charge < -0.3 is 16.3 Å². The summed E-state index contributed by atoms with van der Waals surface area (Å²) >= 11 is 0. The molecule has 0 heterocycles. The lowest BCUT2D eigenvalue weighted by atomic mass is 9.97. The van der Waals surface area contributed by atoms with E-state index in [0.29, 0.717) is 12.0 Å². The number of rotatable bonds is 4. The number of hydrogen-bond acceptors (Lipinski definition) is 3. The maximum absolute atomic E-state index is 8.81. The third kappa shape index (κ3) is 3.07. The highest BCUT2D eigenvalue weighted by atomic mass is 16.4. The van der Waals surface area contributed by atoms with Gasteiger partial charge >= 0.3 is 0 Å². The Bertz CT molecular complexity index is 458. The molecule has 1 aliphatic carbocycles. The van der Waals surface area contributed by atoms with Crippen LogP contribution < -0.4 is 11.1 Å². The second-order valence-electron chi connectivity index (χ2n) is 5.54. The van der Waals surface area contributed by atoms with E-state index in [1.165, 1.54) is 12.8 Å². The molecule has 4 heteroatoms. The molecule has 3 unspecified atom stereocenters. The third-order valence-electron chi connectivity index (χ3n) is 4.42. The van der Waals surface area contributed by atoms with Crippen LogP contribution in [0.15, 0.2) is 29.4 Å². The lowest BCUT2D eigenvalue weighted by molar-refractivity contribution is 0.318. The Morgan fingerprint density at radius 3 is 2.74 bits per heavy atom. The Balaban J connectivity index is 2.04. The molecular weight excluding hydrogens is 238 g/mol. The predicted molar refractivity (Wildman–Crippen MR) is 77.1 cm³/mol. The van der Waals surface area contributed by atoms with Crippen LogP contribution in [0.4, 0.5) is 0 Å². The van der Waals surface area contributed by atoms with Crippen LogP contribution in [0.3, 0.4) is 0 Å². The zero-order valence-electron chi connectivity index (χ0n) is 11.6. The summed E-state index contributed by atoms with van der Waals surface area (Å²) in [5.41, 5.74) is 7.58. The highest BCUT2D eigenvalue weighted by Crippen LogP contribution is 2.31. The first-order chi connectivity index (χ1) is 9.13. The molecular formula is C15H23N3O. The first-order valence-electron chi connectivity index (χ1n) is 6.92. The van der Waals surface area contributed by atoms with E-state index < -0.39 is 0 Å². The third-order valence-corrected chi connectivity index (χ3v) is 4.42. The predicted octanol–water partition coefficient (Wildman–Crippen LogP) is 2.31. The summed E-state index contributed by atoms with van der Waals surface area (Å²) in [6, 6.07) is 8.34. The van der Waals surface area contributed by atoms with E-state index in [1.807, 2.05) is 24.3 Å². The van der Waals surface area contributed by atoms with Gasteiger partial charge in [0.25, 0.3) is 0 Å². The lowest BCUT2D eigenvalue weighted by Gasteiger charge is -2.20. The molecule has 4 nitrogen and oxygen atoms in total. The van der Waals surface area contributed by atoms with Crippen LogP contribution in [0.25, 0.3) is 0 Å². The maximum Gasteiger partial charge on any atom is 0.170 e. The molecule has 19 heavy (non-hydrogen) atoms. The van der Waals surface area contributed by atoms with Crippen molar-refractivity contribution in [3.05, 3.63) is 35.4 Å². The summed E-state index contributed by atoms with van der Waals surface area (Å²) in [5, 5.41) is 15.5. The summed E-state index contributed by atoms with van der Waals surface area (Å²) < 4.78 is 0. The van der Waals surface area contributed by atoms with Gasteiger partial charge in [0, 0.05) is 18.2 Å². The average molecular weight is 261 g/mol. The van der Waals surface area contributed by atoms with Crippen molar-refractivity contribution in [1.29, 1.82) is 0 Å². The minimum absolute atomic E-state index is 0.172. The van der Waals surface area contributed by atoms with E-state index in [9.17, 15) is 0 Å².